The number of aryl methyl sites for hydroxylation is 1. The zero-order valence-corrected chi connectivity index (χ0v) is 13.5. The second kappa shape index (κ2) is 6.43. The number of halogens is 4. The smallest absolute Gasteiger partial charge is 0.263 e. The van der Waals surface area contributed by atoms with Gasteiger partial charge in [0.05, 0.1) is 5.75 Å². The number of hydrogen-bond acceptors (Lipinski definition) is 2. The summed E-state index contributed by atoms with van der Waals surface area (Å²) in [7, 11) is 0. The lowest BCUT2D eigenvalue weighted by atomic mass is 9.99. The summed E-state index contributed by atoms with van der Waals surface area (Å²) in [4.78, 5) is 4.53. The highest BCUT2D eigenvalue weighted by Gasteiger charge is 2.27. The second-order valence-corrected chi connectivity index (χ2v) is 6.43. The number of rotatable bonds is 3. The summed E-state index contributed by atoms with van der Waals surface area (Å²) in [5.41, 5.74) is 1.31. The van der Waals surface area contributed by atoms with Crippen LogP contribution in [0.3, 0.4) is 0 Å². The second-order valence-electron chi connectivity index (χ2n) is 5.41. The average molecular weight is 351 g/mol. The topological polar surface area (TPSA) is 12.9 Å². The summed E-state index contributed by atoms with van der Waals surface area (Å²) in [6.07, 6.45) is -1.06. The third kappa shape index (κ3) is 3.53. The van der Waals surface area contributed by atoms with E-state index in [2.05, 4.69) is 4.98 Å². The van der Waals surface area contributed by atoms with Gasteiger partial charge >= 0.3 is 6.18 Å². The van der Waals surface area contributed by atoms with E-state index < -0.39 is 17.7 Å². The number of benzene rings is 2. The first-order valence-corrected chi connectivity index (χ1v) is 8.16. The highest BCUT2D eigenvalue weighted by Crippen LogP contribution is 2.36. The molecule has 0 unspecified atom stereocenters. The SMILES string of the molecule is Cc1cc(F)c(-c2cncc3ccccc23)cc1SCC(F)(F)F. The Bertz CT molecular complexity index is 885. The van der Waals surface area contributed by atoms with Gasteiger partial charge in [0.25, 0.3) is 0 Å². The van der Waals surface area contributed by atoms with Crippen LogP contribution in [-0.4, -0.2) is 16.9 Å². The summed E-state index contributed by atoms with van der Waals surface area (Å²) in [5, 5.41) is 1.65. The normalized spacial score (nSPS) is 11.9. The monoisotopic (exact) mass is 351 g/mol. The van der Waals surface area contributed by atoms with Crippen LogP contribution >= 0.6 is 11.8 Å². The summed E-state index contributed by atoms with van der Waals surface area (Å²) >= 11 is 0.665. The first kappa shape index (κ1) is 16.8. The molecule has 2 aromatic carbocycles. The maximum atomic E-state index is 14.5. The van der Waals surface area contributed by atoms with Crippen molar-refractivity contribution in [3.8, 4) is 11.1 Å². The van der Waals surface area contributed by atoms with Crippen LogP contribution in [0.25, 0.3) is 21.9 Å². The fourth-order valence-corrected chi connectivity index (χ4v) is 3.31. The number of alkyl halides is 3. The molecule has 0 amide bonds. The third-order valence-corrected chi connectivity index (χ3v) is 4.84. The minimum absolute atomic E-state index is 0.259. The molecule has 0 aliphatic heterocycles. The number of aromatic nitrogens is 1. The Hall–Kier alpha value is -2.08. The van der Waals surface area contributed by atoms with Crippen LogP contribution in [0.2, 0.25) is 0 Å². The molecule has 3 aromatic rings. The minimum Gasteiger partial charge on any atom is -0.263 e. The molecule has 1 aromatic heterocycles. The van der Waals surface area contributed by atoms with Gasteiger partial charge in [-0.1, -0.05) is 24.3 Å². The third-order valence-electron chi connectivity index (χ3n) is 3.61. The lowest BCUT2D eigenvalue weighted by Gasteiger charge is -2.13. The van der Waals surface area contributed by atoms with Gasteiger partial charge < -0.3 is 0 Å². The van der Waals surface area contributed by atoms with Gasteiger partial charge in [0.15, 0.2) is 0 Å². The van der Waals surface area contributed by atoms with Crippen molar-refractivity contribution in [2.24, 2.45) is 0 Å². The highest BCUT2D eigenvalue weighted by atomic mass is 32.2. The van der Waals surface area contributed by atoms with Gasteiger partial charge in [-0.05, 0) is 30.0 Å². The van der Waals surface area contributed by atoms with Gasteiger partial charge in [-0.3, -0.25) is 4.98 Å². The molecule has 0 aliphatic rings. The summed E-state index contributed by atoms with van der Waals surface area (Å²) < 4.78 is 51.9. The summed E-state index contributed by atoms with van der Waals surface area (Å²) in [6, 6.07) is 10.1. The molecular formula is C18H13F4NS. The predicted molar refractivity (Wildman–Crippen MR) is 88.7 cm³/mol. The van der Waals surface area contributed by atoms with Crippen LogP contribution in [0.5, 0.6) is 0 Å². The standard InChI is InChI=1S/C18H13F4NS/c1-11-6-16(19)14(7-17(11)24-10-18(20,21)22)15-9-23-8-12-4-2-3-5-13(12)15/h2-9H,10H2,1H3. The Morgan fingerprint density at radius 3 is 2.54 bits per heavy atom. The molecule has 3 rings (SSSR count). The Morgan fingerprint density at radius 2 is 1.79 bits per heavy atom. The van der Waals surface area contributed by atoms with E-state index in [1.807, 2.05) is 24.3 Å². The van der Waals surface area contributed by atoms with Crippen molar-refractivity contribution in [3.63, 3.8) is 0 Å². The van der Waals surface area contributed by atoms with E-state index in [1.54, 1.807) is 13.1 Å². The van der Waals surface area contributed by atoms with Crippen molar-refractivity contribution in [2.75, 3.05) is 5.75 Å². The molecule has 0 atom stereocenters. The van der Waals surface area contributed by atoms with Gasteiger partial charge in [0.2, 0.25) is 0 Å². The summed E-state index contributed by atoms with van der Waals surface area (Å²) in [5.74, 6) is -1.48. The van der Waals surface area contributed by atoms with Crippen molar-refractivity contribution in [2.45, 2.75) is 18.0 Å². The zero-order chi connectivity index (χ0) is 17.3. The largest absolute Gasteiger partial charge is 0.398 e. The lowest BCUT2D eigenvalue weighted by molar-refractivity contribution is -0.105. The van der Waals surface area contributed by atoms with E-state index in [1.165, 1.54) is 18.3 Å². The highest BCUT2D eigenvalue weighted by molar-refractivity contribution is 7.99. The molecule has 0 aliphatic carbocycles. The van der Waals surface area contributed by atoms with Crippen molar-refractivity contribution in [1.82, 2.24) is 4.98 Å². The quantitative estimate of drug-likeness (QED) is 0.424. The van der Waals surface area contributed by atoms with Crippen LogP contribution < -0.4 is 0 Å². The van der Waals surface area contributed by atoms with E-state index >= 15 is 0 Å². The van der Waals surface area contributed by atoms with E-state index in [-0.39, 0.29) is 5.56 Å². The molecule has 0 radical (unpaired) electrons. The van der Waals surface area contributed by atoms with Crippen LogP contribution in [0.15, 0.2) is 53.7 Å². The average Bonchev–Trinajstić information content (AvgIpc) is 2.53. The van der Waals surface area contributed by atoms with Gasteiger partial charge in [-0.15, -0.1) is 11.8 Å². The maximum Gasteiger partial charge on any atom is 0.398 e. The molecule has 0 spiro atoms. The summed E-state index contributed by atoms with van der Waals surface area (Å²) in [6.45, 7) is 1.60. The molecule has 0 bridgehead atoms. The van der Waals surface area contributed by atoms with Gasteiger partial charge in [0.1, 0.15) is 5.82 Å². The fraction of sp³-hybridized carbons (Fsp3) is 0.167. The Kier molecular flexibility index (Phi) is 4.49. The first-order chi connectivity index (χ1) is 11.3. The van der Waals surface area contributed by atoms with E-state index in [9.17, 15) is 17.6 Å². The maximum absolute atomic E-state index is 14.5. The number of hydrogen-bond donors (Lipinski definition) is 0. The minimum atomic E-state index is -4.27. The molecule has 0 N–H and O–H groups in total. The first-order valence-electron chi connectivity index (χ1n) is 7.18. The number of thioether (sulfide) groups is 1. The number of fused-ring (bicyclic) bond motifs is 1. The Balaban J connectivity index is 2.10. The molecule has 6 heteroatoms. The van der Waals surface area contributed by atoms with Crippen molar-refractivity contribution >= 4 is 22.5 Å². The Labute approximate surface area is 140 Å². The van der Waals surface area contributed by atoms with Gasteiger partial charge in [-0.2, -0.15) is 13.2 Å². The van der Waals surface area contributed by atoms with E-state index in [4.69, 9.17) is 0 Å². The molecule has 0 fully saturated rings. The predicted octanol–water partition coefficient (Wildman–Crippen LogP) is 6.00. The van der Waals surface area contributed by atoms with Crippen LogP contribution in [0.4, 0.5) is 17.6 Å². The molecular weight excluding hydrogens is 338 g/mol. The van der Waals surface area contributed by atoms with E-state index in [0.29, 0.717) is 27.8 Å². The molecule has 124 valence electrons. The zero-order valence-electron chi connectivity index (χ0n) is 12.7. The molecule has 0 saturated carbocycles. The van der Waals surface area contributed by atoms with Crippen LogP contribution in [0.1, 0.15) is 5.56 Å². The molecule has 24 heavy (non-hydrogen) atoms. The van der Waals surface area contributed by atoms with E-state index in [0.717, 1.165) is 10.8 Å². The fourth-order valence-electron chi connectivity index (χ4n) is 2.51. The van der Waals surface area contributed by atoms with Crippen molar-refractivity contribution in [1.29, 1.82) is 0 Å². The molecule has 1 nitrogen and oxygen atoms in total. The van der Waals surface area contributed by atoms with Crippen molar-refractivity contribution < 1.29 is 17.6 Å². The molecule has 0 saturated heterocycles. The van der Waals surface area contributed by atoms with Crippen molar-refractivity contribution in [3.05, 3.63) is 60.2 Å². The van der Waals surface area contributed by atoms with Crippen LogP contribution in [-0.2, 0) is 0 Å². The van der Waals surface area contributed by atoms with Gasteiger partial charge in [-0.25, -0.2) is 4.39 Å². The number of pyridine rings is 1. The number of nitrogens with zero attached hydrogens (tertiary/aromatic N) is 1. The molecule has 1 heterocycles. The Morgan fingerprint density at radius 1 is 1.04 bits per heavy atom. The lowest BCUT2D eigenvalue weighted by Crippen LogP contribution is -2.10. The van der Waals surface area contributed by atoms with Gasteiger partial charge in [0, 0.05) is 33.8 Å². The van der Waals surface area contributed by atoms with Crippen LogP contribution in [0, 0.1) is 12.7 Å².